The van der Waals surface area contributed by atoms with Gasteiger partial charge in [0.2, 0.25) is 0 Å². The van der Waals surface area contributed by atoms with Gasteiger partial charge in [-0.25, -0.2) is 0 Å². The SMILES string of the molecule is CCOC(=O)CN(CC(C)OC)C(C)C. The minimum Gasteiger partial charge on any atom is -0.465 e. The second-order valence-electron chi connectivity index (χ2n) is 3.87. The number of hydrogen-bond acceptors (Lipinski definition) is 4. The second-order valence-corrected chi connectivity index (χ2v) is 3.87. The maximum Gasteiger partial charge on any atom is 0.320 e. The van der Waals surface area contributed by atoms with Gasteiger partial charge in [-0.15, -0.1) is 0 Å². The number of carbonyl (C=O) groups is 1. The van der Waals surface area contributed by atoms with Gasteiger partial charge in [-0.3, -0.25) is 9.69 Å². The zero-order chi connectivity index (χ0) is 11.8. The highest BCUT2D eigenvalue weighted by atomic mass is 16.5. The van der Waals surface area contributed by atoms with Crippen molar-refractivity contribution in [2.45, 2.75) is 39.8 Å². The first-order valence-corrected chi connectivity index (χ1v) is 5.43. The van der Waals surface area contributed by atoms with Crippen molar-refractivity contribution in [3.8, 4) is 0 Å². The van der Waals surface area contributed by atoms with Crippen LogP contribution in [0.2, 0.25) is 0 Å². The lowest BCUT2D eigenvalue weighted by molar-refractivity contribution is -0.145. The summed E-state index contributed by atoms with van der Waals surface area (Å²) in [5, 5.41) is 0. The second kappa shape index (κ2) is 7.65. The van der Waals surface area contributed by atoms with E-state index >= 15 is 0 Å². The molecule has 0 N–H and O–H groups in total. The topological polar surface area (TPSA) is 38.8 Å². The largest absolute Gasteiger partial charge is 0.465 e. The minimum absolute atomic E-state index is 0.127. The van der Waals surface area contributed by atoms with Gasteiger partial charge in [-0.2, -0.15) is 0 Å². The summed E-state index contributed by atoms with van der Waals surface area (Å²) in [6, 6.07) is 0.312. The summed E-state index contributed by atoms with van der Waals surface area (Å²) in [5.41, 5.74) is 0. The number of ether oxygens (including phenoxy) is 2. The Hall–Kier alpha value is -0.610. The molecule has 1 unspecified atom stereocenters. The van der Waals surface area contributed by atoms with Crippen molar-refractivity contribution in [1.82, 2.24) is 4.90 Å². The molecule has 15 heavy (non-hydrogen) atoms. The zero-order valence-corrected chi connectivity index (χ0v) is 10.4. The highest BCUT2D eigenvalue weighted by molar-refractivity contribution is 5.71. The molecule has 0 rings (SSSR count). The lowest BCUT2D eigenvalue weighted by Crippen LogP contribution is -2.41. The van der Waals surface area contributed by atoms with Crippen LogP contribution in [0.15, 0.2) is 0 Å². The summed E-state index contributed by atoms with van der Waals surface area (Å²) in [6.45, 7) is 9.43. The van der Waals surface area contributed by atoms with Gasteiger partial charge in [0.25, 0.3) is 0 Å². The molecular weight excluding hydrogens is 194 g/mol. The van der Waals surface area contributed by atoms with Gasteiger partial charge in [0.05, 0.1) is 19.3 Å². The summed E-state index contributed by atoms with van der Waals surface area (Å²) in [4.78, 5) is 13.4. The summed E-state index contributed by atoms with van der Waals surface area (Å²) in [7, 11) is 1.67. The summed E-state index contributed by atoms with van der Waals surface area (Å²) >= 11 is 0. The average Bonchev–Trinajstić information content (AvgIpc) is 2.16. The lowest BCUT2D eigenvalue weighted by atomic mass is 10.2. The number of carbonyl (C=O) groups excluding carboxylic acids is 1. The molecule has 0 heterocycles. The highest BCUT2D eigenvalue weighted by Crippen LogP contribution is 2.02. The van der Waals surface area contributed by atoms with E-state index < -0.39 is 0 Å². The molecule has 1 atom stereocenters. The number of methoxy groups -OCH3 is 1. The van der Waals surface area contributed by atoms with E-state index in [-0.39, 0.29) is 12.1 Å². The van der Waals surface area contributed by atoms with Gasteiger partial charge in [0.15, 0.2) is 0 Å². The zero-order valence-electron chi connectivity index (χ0n) is 10.4. The molecule has 0 aromatic carbocycles. The van der Waals surface area contributed by atoms with E-state index in [0.29, 0.717) is 19.2 Å². The monoisotopic (exact) mass is 217 g/mol. The van der Waals surface area contributed by atoms with Gasteiger partial charge < -0.3 is 9.47 Å². The molecule has 0 aromatic heterocycles. The van der Waals surface area contributed by atoms with Crippen LogP contribution in [0.3, 0.4) is 0 Å². The fourth-order valence-electron chi connectivity index (χ4n) is 1.24. The van der Waals surface area contributed by atoms with Gasteiger partial charge in [-0.1, -0.05) is 0 Å². The summed E-state index contributed by atoms with van der Waals surface area (Å²) < 4.78 is 10.1. The molecule has 0 radical (unpaired) electrons. The van der Waals surface area contributed by atoms with E-state index in [1.807, 2.05) is 18.7 Å². The summed E-state index contributed by atoms with van der Waals surface area (Å²) in [5.74, 6) is -0.172. The maximum atomic E-state index is 11.3. The van der Waals surface area contributed by atoms with Gasteiger partial charge in [-0.05, 0) is 27.7 Å². The third-order valence-corrected chi connectivity index (χ3v) is 2.26. The Bertz CT molecular complexity index is 183. The standard InChI is InChI=1S/C11H23NO3/c1-6-15-11(13)8-12(9(2)3)7-10(4)14-5/h9-10H,6-8H2,1-5H3. The molecule has 90 valence electrons. The van der Waals surface area contributed by atoms with Crippen LogP contribution in [-0.2, 0) is 14.3 Å². The van der Waals surface area contributed by atoms with Crippen molar-refractivity contribution in [2.75, 3.05) is 26.8 Å². The Morgan fingerprint density at radius 2 is 1.93 bits per heavy atom. The van der Waals surface area contributed by atoms with E-state index in [9.17, 15) is 4.79 Å². The fourth-order valence-corrected chi connectivity index (χ4v) is 1.24. The molecule has 0 aromatic rings. The number of nitrogens with zero attached hydrogens (tertiary/aromatic N) is 1. The van der Waals surface area contributed by atoms with Gasteiger partial charge >= 0.3 is 5.97 Å². The fraction of sp³-hybridized carbons (Fsp3) is 0.909. The van der Waals surface area contributed by atoms with Crippen LogP contribution in [0.25, 0.3) is 0 Å². The third-order valence-electron chi connectivity index (χ3n) is 2.26. The molecule has 0 spiro atoms. The van der Waals surface area contributed by atoms with E-state index in [2.05, 4.69) is 13.8 Å². The molecule has 0 saturated heterocycles. The van der Waals surface area contributed by atoms with Crippen LogP contribution in [0.4, 0.5) is 0 Å². The molecule has 4 heteroatoms. The third kappa shape index (κ3) is 6.47. The van der Waals surface area contributed by atoms with E-state index in [0.717, 1.165) is 6.54 Å². The Kier molecular flexibility index (Phi) is 7.34. The van der Waals surface area contributed by atoms with Crippen LogP contribution in [0, 0.1) is 0 Å². The van der Waals surface area contributed by atoms with Crippen LogP contribution in [-0.4, -0.2) is 49.8 Å². The molecule has 4 nitrogen and oxygen atoms in total. The molecule has 0 aliphatic heterocycles. The first-order valence-electron chi connectivity index (χ1n) is 5.43. The Balaban J connectivity index is 4.09. The van der Waals surface area contributed by atoms with Crippen LogP contribution in [0.1, 0.15) is 27.7 Å². The molecule has 0 aliphatic carbocycles. The number of rotatable bonds is 7. The molecule has 0 bridgehead atoms. The predicted octanol–water partition coefficient (Wildman–Crippen LogP) is 1.29. The molecular formula is C11H23NO3. The lowest BCUT2D eigenvalue weighted by Gasteiger charge is -2.27. The van der Waals surface area contributed by atoms with E-state index in [4.69, 9.17) is 9.47 Å². The predicted molar refractivity (Wildman–Crippen MR) is 59.8 cm³/mol. The van der Waals surface area contributed by atoms with E-state index in [1.165, 1.54) is 0 Å². The first kappa shape index (κ1) is 14.4. The maximum absolute atomic E-state index is 11.3. The van der Waals surface area contributed by atoms with Crippen LogP contribution >= 0.6 is 0 Å². The number of esters is 1. The molecule has 0 saturated carbocycles. The minimum atomic E-state index is -0.172. The average molecular weight is 217 g/mol. The van der Waals surface area contributed by atoms with Crippen molar-refractivity contribution in [3.05, 3.63) is 0 Å². The first-order chi connectivity index (χ1) is 7.01. The Morgan fingerprint density at radius 3 is 2.33 bits per heavy atom. The van der Waals surface area contributed by atoms with Gasteiger partial charge in [0, 0.05) is 19.7 Å². The summed E-state index contributed by atoms with van der Waals surface area (Å²) in [6.07, 6.45) is 0.127. The van der Waals surface area contributed by atoms with Crippen molar-refractivity contribution < 1.29 is 14.3 Å². The molecule has 0 fully saturated rings. The smallest absolute Gasteiger partial charge is 0.320 e. The van der Waals surface area contributed by atoms with Crippen molar-refractivity contribution in [3.63, 3.8) is 0 Å². The van der Waals surface area contributed by atoms with E-state index in [1.54, 1.807) is 7.11 Å². The quantitative estimate of drug-likeness (QED) is 0.602. The van der Waals surface area contributed by atoms with Crippen molar-refractivity contribution >= 4 is 5.97 Å². The van der Waals surface area contributed by atoms with Crippen molar-refractivity contribution in [1.29, 1.82) is 0 Å². The Morgan fingerprint density at radius 1 is 1.33 bits per heavy atom. The van der Waals surface area contributed by atoms with Crippen LogP contribution in [0.5, 0.6) is 0 Å². The molecule has 0 aliphatic rings. The van der Waals surface area contributed by atoms with Crippen LogP contribution < -0.4 is 0 Å². The van der Waals surface area contributed by atoms with Gasteiger partial charge in [0.1, 0.15) is 0 Å². The molecule has 0 amide bonds. The Labute approximate surface area is 92.5 Å². The number of hydrogen-bond donors (Lipinski definition) is 0. The normalized spacial score (nSPS) is 13.3. The highest BCUT2D eigenvalue weighted by Gasteiger charge is 2.17. The van der Waals surface area contributed by atoms with Crippen molar-refractivity contribution in [2.24, 2.45) is 0 Å².